The minimum Gasteiger partial charge on any atom is -0.332 e. The van der Waals surface area contributed by atoms with Crippen molar-refractivity contribution in [2.75, 3.05) is 19.6 Å². The first-order valence-electron chi connectivity index (χ1n) is 6.79. The lowest BCUT2D eigenvalue weighted by atomic mass is 10.1. The van der Waals surface area contributed by atoms with Gasteiger partial charge in [0.25, 0.3) is 0 Å². The van der Waals surface area contributed by atoms with E-state index >= 15 is 0 Å². The molecule has 0 radical (unpaired) electrons. The Morgan fingerprint density at radius 2 is 1.90 bits per heavy atom. The molecule has 1 heterocycles. The summed E-state index contributed by atoms with van der Waals surface area (Å²) in [6, 6.07) is 5.92. The van der Waals surface area contributed by atoms with Crippen molar-refractivity contribution in [3.05, 3.63) is 35.1 Å². The molecule has 0 N–H and O–H groups in total. The van der Waals surface area contributed by atoms with Gasteiger partial charge in [0.05, 0.1) is 18.2 Å². The van der Waals surface area contributed by atoms with Gasteiger partial charge in [-0.2, -0.15) is 5.26 Å². The molecule has 2 rings (SSSR count). The second kappa shape index (κ2) is 6.35. The molecule has 0 saturated carbocycles. The lowest BCUT2D eigenvalue weighted by Crippen LogP contribution is -2.53. The highest BCUT2D eigenvalue weighted by molar-refractivity contribution is 5.92. The number of carbonyl (C=O) groups excluding carboxylic acids is 2. The first kappa shape index (κ1) is 15.0. The minimum absolute atomic E-state index is 0.00584. The Morgan fingerprint density at radius 1 is 1.24 bits per heavy atom. The summed E-state index contributed by atoms with van der Waals surface area (Å²) in [4.78, 5) is 26.8. The molecule has 0 aliphatic carbocycles. The summed E-state index contributed by atoms with van der Waals surface area (Å²) in [6.07, 6.45) is 0.790. The Kier molecular flexibility index (Phi) is 4.53. The van der Waals surface area contributed by atoms with E-state index in [0.717, 1.165) is 6.42 Å². The van der Waals surface area contributed by atoms with Crippen LogP contribution in [0.1, 0.15) is 24.5 Å². The van der Waals surface area contributed by atoms with Crippen molar-refractivity contribution < 1.29 is 14.0 Å². The SMILES string of the molecule is CCCN1CC(=O)N(Cc2cc(C#N)ccc2F)CC1=O. The highest BCUT2D eigenvalue weighted by Gasteiger charge is 2.29. The van der Waals surface area contributed by atoms with Crippen LogP contribution in [-0.2, 0) is 16.1 Å². The maximum Gasteiger partial charge on any atom is 0.242 e. The Labute approximate surface area is 122 Å². The molecule has 0 atom stereocenters. The number of piperazine rings is 1. The molecule has 1 saturated heterocycles. The van der Waals surface area contributed by atoms with Gasteiger partial charge >= 0.3 is 0 Å². The quantitative estimate of drug-likeness (QED) is 0.838. The fourth-order valence-electron chi connectivity index (χ4n) is 2.29. The van der Waals surface area contributed by atoms with Gasteiger partial charge in [0.1, 0.15) is 12.4 Å². The van der Waals surface area contributed by atoms with E-state index in [0.29, 0.717) is 12.1 Å². The van der Waals surface area contributed by atoms with E-state index in [4.69, 9.17) is 5.26 Å². The van der Waals surface area contributed by atoms with Gasteiger partial charge in [-0.1, -0.05) is 6.92 Å². The van der Waals surface area contributed by atoms with Crippen LogP contribution < -0.4 is 0 Å². The fraction of sp³-hybridized carbons (Fsp3) is 0.400. The van der Waals surface area contributed by atoms with Crippen molar-refractivity contribution >= 4 is 11.8 Å². The monoisotopic (exact) mass is 289 g/mol. The molecule has 1 fully saturated rings. The number of nitriles is 1. The van der Waals surface area contributed by atoms with Gasteiger partial charge in [-0.15, -0.1) is 0 Å². The molecular weight excluding hydrogens is 273 g/mol. The number of nitrogens with zero attached hydrogens (tertiary/aromatic N) is 3. The van der Waals surface area contributed by atoms with Crippen LogP contribution in [0.25, 0.3) is 0 Å². The third-order valence-electron chi connectivity index (χ3n) is 3.39. The highest BCUT2D eigenvalue weighted by atomic mass is 19.1. The number of hydrogen-bond acceptors (Lipinski definition) is 3. The van der Waals surface area contributed by atoms with Gasteiger partial charge < -0.3 is 9.80 Å². The number of halogens is 1. The van der Waals surface area contributed by atoms with Crippen LogP contribution in [0.4, 0.5) is 4.39 Å². The van der Waals surface area contributed by atoms with Crippen molar-refractivity contribution in [2.45, 2.75) is 19.9 Å². The van der Waals surface area contributed by atoms with Crippen molar-refractivity contribution in [1.82, 2.24) is 9.80 Å². The first-order valence-corrected chi connectivity index (χ1v) is 6.79. The zero-order valence-electron chi connectivity index (χ0n) is 11.8. The number of benzene rings is 1. The summed E-state index contributed by atoms with van der Waals surface area (Å²) < 4.78 is 13.7. The smallest absolute Gasteiger partial charge is 0.242 e. The zero-order chi connectivity index (χ0) is 15.4. The standard InChI is InChI=1S/C15H16FN3O2/c1-2-5-18-9-15(21)19(10-14(18)20)8-12-6-11(7-17)3-4-13(12)16/h3-4,6H,2,5,8-10H2,1H3. The molecule has 110 valence electrons. The summed E-state index contributed by atoms with van der Waals surface area (Å²) in [5.41, 5.74) is 0.578. The lowest BCUT2D eigenvalue weighted by molar-refractivity contribution is -0.150. The van der Waals surface area contributed by atoms with E-state index in [1.54, 1.807) is 0 Å². The summed E-state index contributed by atoms with van der Waals surface area (Å²) in [5.74, 6) is -0.816. The molecule has 21 heavy (non-hydrogen) atoms. The summed E-state index contributed by atoms with van der Waals surface area (Å²) in [5, 5.41) is 8.83. The molecule has 0 aromatic heterocycles. The molecule has 6 heteroatoms. The predicted octanol–water partition coefficient (Wildman–Crippen LogP) is 1.28. The number of carbonyl (C=O) groups is 2. The highest BCUT2D eigenvalue weighted by Crippen LogP contribution is 2.15. The molecule has 0 bridgehead atoms. The summed E-state index contributed by atoms with van der Waals surface area (Å²) in [7, 11) is 0. The van der Waals surface area contributed by atoms with E-state index < -0.39 is 5.82 Å². The molecule has 1 aromatic rings. The van der Waals surface area contributed by atoms with E-state index in [2.05, 4.69) is 0 Å². The van der Waals surface area contributed by atoms with Gasteiger partial charge in [0, 0.05) is 18.7 Å². The van der Waals surface area contributed by atoms with Gasteiger partial charge in [-0.05, 0) is 24.6 Å². The topological polar surface area (TPSA) is 64.4 Å². The summed E-state index contributed by atoms with van der Waals surface area (Å²) in [6.45, 7) is 2.48. The third-order valence-corrected chi connectivity index (χ3v) is 3.39. The molecule has 2 amide bonds. The van der Waals surface area contributed by atoms with Crippen LogP contribution in [0.15, 0.2) is 18.2 Å². The normalized spacial score (nSPS) is 15.3. The minimum atomic E-state index is -0.481. The average molecular weight is 289 g/mol. The largest absolute Gasteiger partial charge is 0.332 e. The molecule has 5 nitrogen and oxygen atoms in total. The van der Waals surface area contributed by atoms with E-state index in [1.165, 1.54) is 28.0 Å². The van der Waals surface area contributed by atoms with Crippen molar-refractivity contribution in [3.8, 4) is 6.07 Å². The number of amides is 2. The Balaban J connectivity index is 2.12. The average Bonchev–Trinajstić information content (AvgIpc) is 2.46. The van der Waals surface area contributed by atoms with Crippen LogP contribution in [0.2, 0.25) is 0 Å². The van der Waals surface area contributed by atoms with Crippen molar-refractivity contribution in [3.63, 3.8) is 0 Å². The van der Waals surface area contributed by atoms with Crippen molar-refractivity contribution in [2.24, 2.45) is 0 Å². The Hall–Kier alpha value is -2.42. The van der Waals surface area contributed by atoms with E-state index in [-0.39, 0.29) is 37.0 Å². The van der Waals surface area contributed by atoms with Gasteiger partial charge in [0.2, 0.25) is 11.8 Å². The summed E-state index contributed by atoms with van der Waals surface area (Å²) >= 11 is 0. The lowest BCUT2D eigenvalue weighted by Gasteiger charge is -2.33. The number of hydrogen-bond donors (Lipinski definition) is 0. The molecule has 1 aliphatic rings. The third kappa shape index (κ3) is 3.37. The molecule has 1 aliphatic heterocycles. The maximum atomic E-state index is 13.7. The Bertz CT molecular complexity index is 609. The predicted molar refractivity (Wildman–Crippen MR) is 73.4 cm³/mol. The van der Waals surface area contributed by atoms with Crippen LogP contribution in [0, 0.1) is 17.1 Å². The van der Waals surface area contributed by atoms with E-state index in [1.807, 2.05) is 13.0 Å². The van der Waals surface area contributed by atoms with E-state index in [9.17, 15) is 14.0 Å². The van der Waals surface area contributed by atoms with Crippen LogP contribution >= 0.6 is 0 Å². The molecular formula is C15H16FN3O2. The first-order chi connectivity index (χ1) is 10.0. The van der Waals surface area contributed by atoms with Crippen molar-refractivity contribution in [1.29, 1.82) is 5.26 Å². The maximum absolute atomic E-state index is 13.7. The number of rotatable bonds is 4. The molecule has 0 spiro atoms. The van der Waals surface area contributed by atoms with Crippen LogP contribution in [0.5, 0.6) is 0 Å². The molecule has 1 aromatic carbocycles. The second-order valence-corrected chi connectivity index (χ2v) is 4.98. The Morgan fingerprint density at radius 3 is 2.57 bits per heavy atom. The zero-order valence-corrected chi connectivity index (χ0v) is 11.8. The van der Waals surface area contributed by atoms with Crippen LogP contribution in [-0.4, -0.2) is 41.2 Å². The van der Waals surface area contributed by atoms with Gasteiger partial charge in [-0.25, -0.2) is 4.39 Å². The fourth-order valence-corrected chi connectivity index (χ4v) is 2.29. The van der Waals surface area contributed by atoms with Gasteiger partial charge in [-0.3, -0.25) is 9.59 Å². The second-order valence-electron chi connectivity index (χ2n) is 4.98. The molecule has 0 unspecified atom stereocenters. The van der Waals surface area contributed by atoms with Crippen LogP contribution in [0.3, 0.4) is 0 Å². The van der Waals surface area contributed by atoms with Gasteiger partial charge in [0.15, 0.2) is 0 Å².